The maximum absolute atomic E-state index is 12.7. The summed E-state index contributed by atoms with van der Waals surface area (Å²) in [6, 6.07) is 4.35. The van der Waals surface area contributed by atoms with E-state index in [9.17, 15) is 35.4 Å². The van der Waals surface area contributed by atoms with E-state index in [0.29, 0.717) is 12.5 Å². The average molecular weight is 586 g/mol. The van der Waals surface area contributed by atoms with Crippen molar-refractivity contribution in [2.75, 3.05) is 13.7 Å². The Labute approximate surface area is 243 Å². The van der Waals surface area contributed by atoms with E-state index in [0.717, 1.165) is 0 Å². The summed E-state index contributed by atoms with van der Waals surface area (Å²) < 4.78 is 17.6. The van der Waals surface area contributed by atoms with Crippen molar-refractivity contribution in [3.8, 4) is 28.7 Å². The Bertz CT molecular complexity index is 1540. The van der Waals surface area contributed by atoms with Gasteiger partial charge in [0.2, 0.25) is 0 Å². The molecule has 0 unspecified atom stereocenters. The lowest BCUT2D eigenvalue weighted by molar-refractivity contribution is -0.249. The number of methoxy groups -OCH3 is 1. The molecule has 2 aliphatic rings. The fourth-order valence-corrected chi connectivity index (χ4v) is 6.25. The van der Waals surface area contributed by atoms with Crippen LogP contribution in [0.5, 0.6) is 28.7 Å². The van der Waals surface area contributed by atoms with Gasteiger partial charge in [-0.15, -0.1) is 0 Å². The van der Waals surface area contributed by atoms with Crippen LogP contribution in [0.2, 0.25) is 0 Å². The normalized spacial score (nSPS) is 27.9. The van der Waals surface area contributed by atoms with Gasteiger partial charge in [0, 0.05) is 41.8 Å². The standard InChI is InChI=1S/C31H39NO10/c1-13(2)12-32-18-9-21(41-14(3)26(18)34)42-20-11-31(39,15(4)33)10-17-23(20)30(38)25-24(28(17)36)27(35)16-7-6-8-19(40-5)22(16)29(25)37/h6-8,13-14,18,20-21,26,32,34-39H,9-12H2,1-5H3/t14-,18-,20-,21-,26+,31-/m0/s1. The molecule has 42 heavy (non-hydrogen) atoms. The second-order valence-corrected chi connectivity index (χ2v) is 11.9. The molecule has 1 saturated heterocycles. The number of nitrogens with one attached hydrogen (secondary N) is 1. The molecule has 0 aromatic heterocycles. The van der Waals surface area contributed by atoms with Gasteiger partial charge in [0.1, 0.15) is 34.3 Å². The number of rotatable bonds is 7. The Kier molecular flexibility index (Phi) is 7.92. The van der Waals surface area contributed by atoms with E-state index in [1.807, 2.05) is 13.8 Å². The number of phenolic OH excluding ortho intramolecular Hbond substituents is 4. The van der Waals surface area contributed by atoms with Crippen LogP contribution in [-0.4, -0.2) is 80.2 Å². The summed E-state index contributed by atoms with van der Waals surface area (Å²) >= 11 is 0. The highest BCUT2D eigenvalue weighted by Gasteiger charge is 2.47. The topological polar surface area (TPSA) is 178 Å². The van der Waals surface area contributed by atoms with E-state index >= 15 is 0 Å². The maximum Gasteiger partial charge on any atom is 0.161 e. The van der Waals surface area contributed by atoms with E-state index in [4.69, 9.17) is 14.2 Å². The van der Waals surface area contributed by atoms with Crippen molar-refractivity contribution in [2.45, 2.75) is 83.2 Å². The van der Waals surface area contributed by atoms with Crippen molar-refractivity contribution in [3.63, 3.8) is 0 Å². The second kappa shape index (κ2) is 11.1. The van der Waals surface area contributed by atoms with Crippen LogP contribution in [-0.2, 0) is 20.7 Å². The molecule has 0 amide bonds. The number of ketones is 1. The van der Waals surface area contributed by atoms with Crippen LogP contribution in [0.1, 0.15) is 57.8 Å². The number of carbonyl (C=O) groups is 1. The van der Waals surface area contributed by atoms with E-state index < -0.39 is 59.0 Å². The molecule has 1 aliphatic heterocycles. The molecule has 3 aromatic rings. The lowest BCUT2D eigenvalue weighted by Gasteiger charge is -2.42. The molecular formula is C31H39NO10. The van der Waals surface area contributed by atoms with Crippen molar-refractivity contribution in [2.24, 2.45) is 5.92 Å². The molecule has 11 heteroatoms. The first-order valence-electron chi connectivity index (χ1n) is 14.2. The Hall–Kier alpha value is -3.35. The number of aromatic hydroxyl groups is 4. The molecule has 1 fully saturated rings. The van der Waals surface area contributed by atoms with Crippen LogP contribution >= 0.6 is 0 Å². The van der Waals surface area contributed by atoms with Crippen molar-refractivity contribution < 1.29 is 49.6 Å². The average Bonchev–Trinajstić information content (AvgIpc) is 2.93. The van der Waals surface area contributed by atoms with Gasteiger partial charge in [0.15, 0.2) is 12.1 Å². The number of ether oxygens (including phenoxy) is 3. The summed E-state index contributed by atoms with van der Waals surface area (Å²) in [7, 11) is 1.40. The Morgan fingerprint density at radius 2 is 1.79 bits per heavy atom. The van der Waals surface area contributed by atoms with Gasteiger partial charge in [-0.05, 0) is 32.4 Å². The van der Waals surface area contributed by atoms with Crippen molar-refractivity contribution >= 4 is 27.3 Å². The minimum atomic E-state index is -1.96. The van der Waals surface area contributed by atoms with Gasteiger partial charge in [0.25, 0.3) is 0 Å². The third-order valence-corrected chi connectivity index (χ3v) is 8.58. The highest BCUT2D eigenvalue weighted by molar-refractivity contribution is 6.17. The van der Waals surface area contributed by atoms with Crippen LogP contribution < -0.4 is 10.1 Å². The predicted molar refractivity (Wildman–Crippen MR) is 154 cm³/mol. The number of hydrogen-bond acceptors (Lipinski definition) is 11. The Morgan fingerprint density at radius 1 is 1.10 bits per heavy atom. The van der Waals surface area contributed by atoms with Gasteiger partial charge >= 0.3 is 0 Å². The highest BCUT2D eigenvalue weighted by Crippen LogP contribution is 2.57. The second-order valence-electron chi connectivity index (χ2n) is 11.9. The van der Waals surface area contributed by atoms with Gasteiger partial charge in [-0.2, -0.15) is 0 Å². The fourth-order valence-electron chi connectivity index (χ4n) is 6.25. The number of phenols is 4. The predicted octanol–water partition coefficient (Wildman–Crippen LogP) is 3.26. The lowest BCUT2D eigenvalue weighted by Crippen LogP contribution is -2.55. The molecule has 6 atom stereocenters. The van der Waals surface area contributed by atoms with Gasteiger partial charge in [-0.1, -0.05) is 26.0 Å². The molecule has 1 aliphatic carbocycles. The van der Waals surface area contributed by atoms with Gasteiger partial charge in [-0.25, -0.2) is 0 Å². The zero-order valence-electron chi connectivity index (χ0n) is 24.3. The quantitative estimate of drug-likeness (QED) is 0.160. The third-order valence-electron chi connectivity index (χ3n) is 8.58. The van der Waals surface area contributed by atoms with Crippen LogP contribution in [0, 0.1) is 5.92 Å². The molecule has 7 N–H and O–H groups in total. The van der Waals surface area contributed by atoms with Gasteiger partial charge in [-0.3, -0.25) is 4.79 Å². The highest BCUT2D eigenvalue weighted by atomic mass is 16.7. The molecule has 0 radical (unpaired) electrons. The van der Waals surface area contributed by atoms with Crippen LogP contribution in [0.25, 0.3) is 21.5 Å². The van der Waals surface area contributed by atoms with E-state index in [1.54, 1.807) is 19.1 Å². The summed E-state index contributed by atoms with van der Waals surface area (Å²) in [6.07, 6.45) is -3.87. The molecule has 5 rings (SSSR count). The fraction of sp³-hybridized carbons (Fsp3) is 0.516. The lowest BCUT2D eigenvalue weighted by atomic mass is 9.74. The zero-order valence-corrected chi connectivity index (χ0v) is 24.3. The van der Waals surface area contributed by atoms with E-state index in [2.05, 4.69) is 5.32 Å². The Balaban J connectivity index is 1.67. The first-order valence-corrected chi connectivity index (χ1v) is 14.2. The maximum atomic E-state index is 12.7. The molecule has 228 valence electrons. The number of aliphatic hydroxyl groups is 2. The van der Waals surface area contributed by atoms with Crippen molar-refractivity contribution in [1.82, 2.24) is 5.32 Å². The minimum Gasteiger partial charge on any atom is -0.507 e. The number of fused-ring (bicyclic) bond motifs is 3. The number of aliphatic hydroxyl groups excluding tert-OH is 1. The largest absolute Gasteiger partial charge is 0.507 e. The zero-order chi connectivity index (χ0) is 30.7. The minimum absolute atomic E-state index is 0.00396. The van der Waals surface area contributed by atoms with E-state index in [1.165, 1.54) is 20.1 Å². The molecule has 11 nitrogen and oxygen atoms in total. The molecule has 0 saturated carbocycles. The van der Waals surface area contributed by atoms with Crippen molar-refractivity contribution in [1.29, 1.82) is 0 Å². The summed E-state index contributed by atoms with van der Waals surface area (Å²) in [6.45, 7) is 7.68. The number of benzene rings is 3. The van der Waals surface area contributed by atoms with Crippen LogP contribution in [0.4, 0.5) is 0 Å². The van der Waals surface area contributed by atoms with E-state index in [-0.39, 0.29) is 63.7 Å². The van der Waals surface area contributed by atoms with Gasteiger partial charge in [0.05, 0.1) is 41.6 Å². The Morgan fingerprint density at radius 3 is 2.43 bits per heavy atom. The van der Waals surface area contributed by atoms with Crippen molar-refractivity contribution in [3.05, 3.63) is 29.3 Å². The summed E-state index contributed by atoms with van der Waals surface area (Å²) in [5.74, 6) is -1.83. The summed E-state index contributed by atoms with van der Waals surface area (Å²) in [5, 5.41) is 71.1. The molecule has 0 bridgehead atoms. The molecule has 3 aromatic carbocycles. The number of Topliss-reactive ketones (excluding diaryl/α,β-unsaturated/α-hetero) is 1. The van der Waals surface area contributed by atoms with Crippen LogP contribution in [0.15, 0.2) is 18.2 Å². The molecular weight excluding hydrogens is 546 g/mol. The monoisotopic (exact) mass is 585 g/mol. The molecule has 0 spiro atoms. The van der Waals surface area contributed by atoms with Crippen LogP contribution in [0.3, 0.4) is 0 Å². The summed E-state index contributed by atoms with van der Waals surface area (Å²) in [5.41, 5.74) is -1.89. The van der Waals surface area contributed by atoms with Gasteiger partial charge < -0.3 is 50.2 Å². The first-order chi connectivity index (χ1) is 19.8. The SMILES string of the molecule is COc1cccc2c(O)c3c(O)c4c(c(O)c3c(O)c12)[C@@H](O[C@H]1C[C@H](NCC(C)C)[C@H](O)[C@H](C)O1)C[C@](O)(C(C)=O)C4. The summed E-state index contributed by atoms with van der Waals surface area (Å²) in [4.78, 5) is 12.7. The number of hydrogen-bond donors (Lipinski definition) is 7. The first kappa shape index (κ1) is 30.1. The smallest absolute Gasteiger partial charge is 0.161 e. The molecule has 1 heterocycles. The number of carbonyl (C=O) groups excluding carboxylic acids is 1. The third kappa shape index (κ3) is 4.88.